The molecule has 3 aromatic carbocycles. The van der Waals surface area contributed by atoms with Crippen molar-refractivity contribution < 1.29 is 17.6 Å². The molecule has 4 aliphatic rings. The molecule has 1 amide bonds. The molecule has 274 valence electrons. The smallest absolute Gasteiger partial charge is 0.243 e. The third kappa shape index (κ3) is 7.31. The lowest BCUT2D eigenvalue weighted by Crippen LogP contribution is -2.44. The summed E-state index contributed by atoms with van der Waals surface area (Å²) in [5.74, 6) is 1.30. The van der Waals surface area contributed by atoms with Crippen LogP contribution in [0.15, 0.2) is 118 Å². The molecule has 1 atom stereocenters. The van der Waals surface area contributed by atoms with Crippen molar-refractivity contribution in [1.82, 2.24) is 19.5 Å². The molecule has 1 saturated heterocycles. The molecule has 0 aromatic heterocycles. The minimum absolute atomic E-state index is 0.0134. The summed E-state index contributed by atoms with van der Waals surface area (Å²) < 4.78 is 39.7. The summed E-state index contributed by atoms with van der Waals surface area (Å²) in [7, 11) is 2.04. The van der Waals surface area contributed by atoms with E-state index in [2.05, 4.69) is 76.6 Å². The van der Waals surface area contributed by atoms with Gasteiger partial charge in [-0.2, -0.15) is 8.88 Å². The lowest BCUT2D eigenvalue weighted by molar-refractivity contribution is -0.126. The van der Waals surface area contributed by atoms with Crippen LogP contribution in [0.4, 0.5) is 11.4 Å². The Hall–Kier alpha value is -5.03. The van der Waals surface area contributed by atoms with E-state index in [9.17, 15) is 13.2 Å². The maximum Gasteiger partial charge on any atom is 0.243 e. The van der Waals surface area contributed by atoms with E-state index in [1.54, 1.807) is 16.4 Å². The Morgan fingerprint density at radius 3 is 2.30 bits per heavy atom. The summed E-state index contributed by atoms with van der Waals surface area (Å²) in [6.07, 6.45) is 3.75. The average Bonchev–Trinajstić information content (AvgIpc) is 3.20. The Labute approximate surface area is 312 Å². The maximum atomic E-state index is 14.6. The summed E-state index contributed by atoms with van der Waals surface area (Å²) in [4.78, 5) is 15.3. The second kappa shape index (κ2) is 15.5. The third-order valence-electron chi connectivity index (χ3n) is 10.7. The zero-order chi connectivity index (χ0) is 37.1. The Kier molecular flexibility index (Phi) is 10.6. The zero-order valence-corrected chi connectivity index (χ0v) is 31.7. The van der Waals surface area contributed by atoms with Crippen LogP contribution in [0.2, 0.25) is 0 Å². The predicted octanol–water partition coefficient (Wildman–Crippen LogP) is 6.19. The zero-order valence-electron chi connectivity index (χ0n) is 30.9. The lowest BCUT2D eigenvalue weighted by Gasteiger charge is -2.33. The van der Waals surface area contributed by atoms with E-state index >= 15 is 0 Å². The van der Waals surface area contributed by atoms with E-state index in [0.717, 1.165) is 44.9 Å². The molecular weight excluding hydrogens is 683 g/mol. The number of nitrogens with one attached hydrogen (secondary N) is 2. The molecular formula is C43H48N5O4S+. The van der Waals surface area contributed by atoms with E-state index in [1.165, 1.54) is 0 Å². The van der Waals surface area contributed by atoms with Gasteiger partial charge in [0.25, 0.3) is 0 Å². The average molecular weight is 731 g/mol. The van der Waals surface area contributed by atoms with Crippen LogP contribution in [0.1, 0.15) is 31.1 Å². The topological polar surface area (TPSA) is 97.9 Å². The van der Waals surface area contributed by atoms with Crippen LogP contribution in [0.3, 0.4) is 0 Å². The first-order valence-electron chi connectivity index (χ1n) is 18.4. The van der Waals surface area contributed by atoms with Crippen LogP contribution in [0, 0.1) is 11.8 Å². The highest BCUT2D eigenvalue weighted by Crippen LogP contribution is 2.46. The Morgan fingerprint density at radius 1 is 0.906 bits per heavy atom. The van der Waals surface area contributed by atoms with Gasteiger partial charge >= 0.3 is 0 Å². The molecule has 2 heterocycles. The first-order valence-corrected chi connectivity index (χ1v) is 19.8. The molecule has 2 aliphatic heterocycles. The molecule has 7 rings (SSSR count). The molecule has 0 radical (unpaired) electrons. The van der Waals surface area contributed by atoms with E-state index in [4.69, 9.17) is 4.42 Å². The SMILES string of the molecule is CNCCNC(=O)C1CCN(S(=O)(=O)c2ccccc2-c2c3ccc(=[N+](C)c4ccccc4)cc-3oc3c2CC(C)C(N(C)c2ccccc2)=C3)CC1. The van der Waals surface area contributed by atoms with Crippen molar-refractivity contribution in [1.29, 1.82) is 0 Å². The van der Waals surface area contributed by atoms with Gasteiger partial charge in [0.2, 0.25) is 27.0 Å². The van der Waals surface area contributed by atoms with Crippen molar-refractivity contribution in [3.63, 3.8) is 0 Å². The van der Waals surface area contributed by atoms with Crippen LogP contribution in [0.5, 0.6) is 0 Å². The fraction of sp³-hybridized carbons (Fsp3) is 0.302. The van der Waals surface area contributed by atoms with Crippen molar-refractivity contribution in [2.24, 2.45) is 11.8 Å². The summed E-state index contributed by atoms with van der Waals surface area (Å²) in [5, 5.41) is 6.95. The van der Waals surface area contributed by atoms with Gasteiger partial charge in [-0.3, -0.25) is 4.79 Å². The monoisotopic (exact) mass is 730 g/mol. The quantitative estimate of drug-likeness (QED) is 0.132. The highest BCUT2D eigenvalue weighted by atomic mass is 32.2. The first kappa shape index (κ1) is 36.3. The highest BCUT2D eigenvalue weighted by molar-refractivity contribution is 7.89. The molecule has 2 N–H and O–H groups in total. The Bertz CT molecular complexity index is 2280. The van der Waals surface area contributed by atoms with E-state index < -0.39 is 10.0 Å². The van der Waals surface area contributed by atoms with Crippen molar-refractivity contribution in [3.05, 3.63) is 126 Å². The number of anilines is 1. The summed E-state index contributed by atoms with van der Waals surface area (Å²) in [5.41, 5.74) is 6.61. The first-order chi connectivity index (χ1) is 25.7. The predicted molar refractivity (Wildman–Crippen MR) is 212 cm³/mol. The number of fused-ring (bicyclic) bond motifs is 2. The summed E-state index contributed by atoms with van der Waals surface area (Å²) >= 11 is 0. The number of amides is 1. The second-order valence-corrected chi connectivity index (χ2v) is 15.9. The largest absolute Gasteiger partial charge is 0.456 e. The third-order valence-corrected chi connectivity index (χ3v) is 12.6. The number of nitrogens with zero attached hydrogens (tertiary/aromatic N) is 3. The van der Waals surface area contributed by atoms with Gasteiger partial charge in [0.05, 0.1) is 11.0 Å². The maximum absolute atomic E-state index is 14.6. The van der Waals surface area contributed by atoms with Gasteiger partial charge in [-0.25, -0.2) is 8.42 Å². The standard InChI is InChI=1S/C43H47N5O4S/c1-30-27-37-40(29-38(30)47(4)33-15-9-6-10-16-33)52-39-28-34(46(3)32-13-7-5-8-14-32)19-20-35(39)42(37)36-17-11-12-18-41(36)53(50,51)48-25-21-31(22-26-48)43(49)45-24-23-44-2/h5-20,28-31,44H,21-27H2,1-4H3/p+1. The molecule has 53 heavy (non-hydrogen) atoms. The van der Waals surface area contributed by atoms with Crippen LogP contribution < -0.4 is 25.5 Å². The number of rotatable bonds is 10. The molecule has 0 spiro atoms. The molecule has 0 saturated carbocycles. The summed E-state index contributed by atoms with van der Waals surface area (Å²) in [6, 6.07) is 34.0. The van der Waals surface area contributed by atoms with Gasteiger partial charge < -0.3 is 20.0 Å². The molecule has 0 bridgehead atoms. The van der Waals surface area contributed by atoms with Crippen molar-refractivity contribution >= 4 is 33.4 Å². The number of benzene rings is 4. The minimum Gasteiger partial charge on any atom is -0.456 e. The number of hydrogen-bond donors (Lipinski definition) is 2. The number of carbonyl (C=O) groups is 1. The van der Waals surface area contributed by atoms with E-state index in [-0.39, 0.29) is 35.7 Å². The van der Waals surface area contributed by atoms with Crippen LogP contribution >= 0.6 is 0 Å². The number of para-hydroxylation sites is 2. The fourth-order valence-corrected chi connectivity index (χ4v) is 9.34. The van der Waals surface area contributed by atoms with Gasteiger partial charge in [0.1, 0.15) is 18.6 Å². The van der Waals surface area contributed by atoms with Crippen molar-refractivity contribution in [3.8, 4) is 22.5 Å². The molecule has 10 heteroatoms. The number of likely N-dealkylation sites (N-methyl/N-ethyl adjacent to an activating group) is 1. The molecule has 2 aliphatic carbocycles. The molecule has 3 aromatic rings. The van der Waals surface area contributed by atoms with E-state index in [1.807, 2.05) is 68.7 Å². The van der Waals surface area contributed by atoms with Gasteiger partial charge in [0, 0.05) is 103 Å². The Morgan fingerprint density at radius 2 is 1.58 bits per heavy atom. The number of hydrogen-bond acceptors (Lipinski definition) is 6. The highest BCUT2D eigenvalue weighted by Gasteiger charge is 2.36. The lowest BCUT2D eigenvalue weighted by atomic mass is 9.83. The van der Waals surface area contributed by atoms with Crippen LogP contribution in [-0.2, 0) is 21.2 Å². The number of carbonyl (C=O) groups excluding carboxylic acids is 1. The summed E-state index contributed by atoms with van der Waals surface area (Å²) in [6.45, 7) is 4.01. The normalized spacial score (nSPS) is 17.2. The fourth-order valence-electron chi connectivity index (χ4n) is 7.67. The van der Waals surface area contributed by atoms with E-state index in [0.29, 0.717) is 43.7 Å². The molecule has 1 fully saturated rings. The van der Waals surface area contributed by atoms with Gasteiger partial charge in [-0.05, 0) is 50.6 Å². The van der Waals surface area contributed by atoms with Gasteiger partial charge in [0.15, 0.2) is 0 Å². The van der Waals surface area contributed by atoms with Crippen molar-refractivity contribution in [2.75, 3.05) is 52.2 Å². The number of allylic oxidation sites excluding steroid dienone is 1. The second-order valence-electron chi connectivity index (χ2n) is 14.0. The number of piperidine rings is 1. The molecule has 1 unspecified atom stereocenters. The van der Waals surface area contributed by atoms with Crippen LogP contribution in [-0.4, -0.2) is 66.0 Å². The Balaban J connectivity index is 1.35. The van der Waals surface area contributed by atoms with Gasteiger partial charge in [-0.15, -0.1) is 0 Å². The van der Waals surface area contributed by atoms with Crippen molar-refractivity contribution in [2.45, 2.75) is 31.1 Å². The molecule has 9 nitrogen and oxygen atoms in total. The number of sulfonamides is 1. The van der Waals surface area contributed by atoms with Gasteiger partial charge in [-0.1, -0.05) is 61.5 Å². The van der Waals surface area contributed by atoms with Crippen LogP contribution in [0.25, 0.3) is 28.5 Å². The minimum atomic E-state index is -3.91.